The zero-order valence-corrected chi connectivity index (χ0v) is 11.7. The van der Waals surface area contributed by atoms with Crippen molar-refractivity contribution in [3.63, 3.8) is 0 Å². The van der Waals surface area contributed by atoms with E-state index >= 15 is 0 Å². The number of thiophene rings is 1. The summed E-state index contributed by atoms with van der Waals surface area (Å²) in [7, 11) is 0. The molecule has 18 heavy (non-hydrogen) atoms. The van der Waals surface area contributed by atoms with Gasteiger partial charge in [-0.25, -0.2) is 0 Å². The third kappa shape index (κ3) is 4.08. The van der Waals surface area contributed by atoms with Crippen LogP contribution in [0.3, 0.4) is 0 Å². The Labute approximate surface area is 112 Å². The Hall–Kier alpha value is -0.910. The van der Waals surface area contributed by atoms with E-state index in [0.29, 0.717) is 4.88 Å². The summed E-state index contributed by atoms with van der Waals surface area (Å²) in [6, 6.07) is 1.93. The molecule has 1 rings (SSSR count). The van der Waals surface area contributed by atoms with Gasteiger partial charge in [-0.2, -0.15) is 0 Å². The molecule has 102 valence electrons. The lowest BCUT2D eigenvalue weighted by molar-refractivity contribution is 0.0804. The summed E-state index contributed by atoms with van der Waals surface area (Å²) in [4.78, 5) is 13.8. The van der Waals surface area contributed by atoms with Crippen LogP contribution in [-0.2, 0) is 12.8 Å². The van der Waals surface area contributed by atoms with Crippen molar-refractivity contribution in [1.82, 2.24) is 5.32 Å². The molecule has 5 heteroatoms. The Balaban J connectivity index is 2.68. The Morgan fingerprint density at radius 1 is 1.50 bits per heavy atom. The monoisotopic (exact) mass is 271 g/mol. The summed E-state index contributed by atoms with van der Waals surface area (Å²) in [5, 5.41) is 20.5. The lowest BCUT2D eigenvalue weighted by atomic mass is 10.1. The summed E-state index contributed by atoms with van der Waals surface area (Å²) in [6.45, 7) is 3.94. The van der Waals surface area contributed by atoms with Gasteiger partial charge in [-0.15, -0.1) is 11.3 Å². The van der Waals surface area contributed by atoms with Crippen LogP contribution in [0.25, 0.3) is 0 Å². The van der Waals surface area contributed by atoms with E-state index < -0.39 is 6.10 Å². The highest BCUT2D eigenvalue weighted by Crippen LogP contribution is 2.24. The molecule has 1 heterocycles. The van der Waals surface area contributed by atoms with Crippen LogP contribution in [0.5, 0.6) is 0 Å². The fourth-order valence-corrected chi connectivity index (χ4v) is 2.95. The smallest absolute Gasteiger partial charge is 0.261 e. The zero-order chi connectivity index (χ0) is 13.5. The molecule has 1 aromatic heterocycles. The van der Waals surface area contributed by atoms with Crippen LogP contribution in [0.1, 0.15) is 40.4 Å². The zero-order valence-electron chi connectivity index (χ0n) is 10.9. The van der Waals surface area contributed by atoms with Gasteiger partial charge < -0.3 is 15.5 Å². The highest BCUT2D eigenvalue weighted by Gasteiger charge is 2.14. The van der Waals surface area contributed by atoms with Crippen molar-refractivity contribution >= 4 is 17.2 Å². The van der Waals surface area contributed by atoms with Gasteiger partial charge in [0.15, 0.2) is 0 Å². The molecule has 0 aliphatic carbocycles. The molecule has 1 atom stereocenters. The van der Waals surface area contributed by atoms with Crippen LogP contribution >= 0.6 is 11.3 Å². The molecule has 0 radical (unpaired) electrons. The second-order valence-electron chi connectivity index (χ2n) is 4.21. The van der Waals surface area contributed by atoms with Gasteiger partial charge in [0.25, 0.3) is 5.91 Å². The van der Waals surface area contributed by atoms with Gasteiger partial charge in [0, 0.05) is 11.4 Å². The van der Waals surface area contributed by atoms with E-state index in [0.717, 1.165) is 19.3 Å². The van der Waals surface area contributed by atoms with E-state index in [1.165, 1.54) is 21.8 Å². The molecule has 0 bridgehead atoms. The van der Waals surface area contributed by atoms with Gasteiger partial charge in [-0.05, 0) is 24.5 Å². The first-order valence-corrected chi connectivity index (χ1v) is 7.12. The summed E-state index contributed by atoms with van der Waals surface area (Å²) in [5.74, 6) is -0.176. The third-order valence-corrected chi connectivity index (χ3v) is 3.92. The lowest BCUT2D eigenvalue weighted by Crippen LogP contribution is -2.33. The fraction of sp³-hybridized carbons (Fsp3) is 0.615. The number of aliphatic hydroxyl groups excluding tert-OH is 2. The van der Waals surface area contributed by atoms with Crippen molar-refractivity contribution in [2.24, 2.45) is 0 Å². The van der Waals surface area contributed by atoms with Crippen molar-refractivity contribution < 1.29 is 15.0 Å². The molecule has 0 aliphatic heterocycles. The molecule has 4 nitrogen and oxygen atoms in total. The largest absolute Gasteiger partial charge is 0.394 e. The highest BCUT2D eigenvalue weighted by atomic mass is 32.1. The van der Waals surface area contributed by atoms with Crippen LogP contribution < -0.4 is 5.32 Å². The topological polar surface area (TPSA) is 69.6 Å². The number of aliphatic hydroxyl groups is 2. The summed E-state index contributed by atoms with van der Waals surface area (Å²) >= 11 is 1.52. The Morgan fingerprint density at radius 3 is 2.78 bits per heavy atom. The maximum atomic E-state index is 11.9. The van der Waals surface area contributed by atoms with Crippen molar-refractivity contribution in [1.29, 1.82) is 0 Å². The van der Waals surface area contributed by atoms with Crippen LogP contribution in [0.4, 0.5) is 0 Å². The van der Waals surface area contributed by atoms with E-state index in [-0.39, 0.29) is 19.1 Å². The summed E-state index contributed by atoms with van der Waals surface area (Å²) in [6.07, 6.45) is 2.10. The number of nitrogens with one attached hydrogen (secondary N) is 1. The van der Waals surface area contributed by atoms with Crippen molar-refractivity contribution in [2.45, 2.75) is 39.2 Å². The first kappa shape index (κ1) is 15.1. The molecule has 0 aliphatic rings. The maximum absolute atomic E-state index is 11.9. The predicted octanol–water partition coefficient (Wildman–Crippen LogP) is 1.35. The van der Waals surface area contributed by atoms with Crippen molar-refractivity contribution in [3.8, 4) is 0 Å². The third-order valence-electron chi connectivity index (χ3n) is 2.69. The van der Waals surface area contributed by atoms with Gasteiger partial charge in [-0.3, -0.25) is 4.79 Å². The Morgan fingerprint density at radius 2 is 2.22 bits per heavy atom. The second-order valence-corrected chi connectivity index (χ2v) is 5.35. The van der Waals surface area contributed by atoms with Gasteiger partial charge in [0.1, 0.15) is 0 Å². The van der Waals surface area contributed by atoms with Crippen molar-refractivity contribution in [2.75, 3.05) is 13.2 Å². The quantitative estimate of drug-likeness (QED) is 0.701. The van der Waals surface area contributed by atoms with Crippen LogP contribution in [0.2, 0.25) is 0 Å². The van der Waals surface area contributed by atoms with Crippen LogP contribution in [0.15, 0.2) is 6.07 Å². The number of amides is 1. The minimum Gasteiger partial charge on any atom is -0.394 e. The normalized spacial score (nSPS) is 12.4. The van der Waals surface area contributed by atoms with Gasteiger partial charge in [0.2, 0.25) is 0 Å². The molecule has 0 saturated carbocycles. The molecule has 1 aromatic rings. The van der Waals surface area contributed by atoms with E-state index in [1.807, 2.05) is 6.07 Å². The molecule has 0 aromatic carbocycles. The van der Waals surface area contributed by atoms with Crippen LogP contribution in [0, 0.1) is 0 Å². The van der Waals surface area contributed by atoms with E-state index in [9.17, 15) is 9.90 Å². The number of rotatable bonds is 7. The lowest BCUT2D eigenvalue weighted by Gasteiger charge is -2.07. The maximum Gasteiger partial charge on any atom is 0.261 e. The molecule has 3 N–H and O–H groups in total. The number of aryl methyl sites for hydroxylation is 2. The van der Waals surface area contributed by atoms with Gasteiger partial charge in [0.05, 0.1) is 17.6 Å². The second kappa shape index (κ2) is 7.51. The molecule has 0 saturated heterocycles. The molecule has 0 spiro atoms. The minimum atomic E-state index is -0.894. The predicted molar refractivity (Wildman–Crippen MR) is 73.1 cm³/mol. The average molecular weight is 271 g/mol. The number of carbonyl (C=O) groups excluding carboxylic acids is 1. The minimum absolute atomic E-state index is 0.0812. The van der Waals surface area contributed by atoms with Gasteiger partial charge >= 0.3 is 0 Å². The molecule has 0 fully saturated rings. The Kier molecular flexibility index (Phi) is 6.32. The van der Waals surface area contributed by atoms with Crippen molar-refractivity contribution in [3.05, 3.63) is 21.4 Å². The molecular weight excluding hydrogens is 250 g/mol. The standard InChI is InChI=1S/C13H21NO3S/c1-3-5-11-9(4-2)6-12(18-11)13(17)14-7-10(16)8-15/h6,10,15-16H,3-5,7-8H2,1-2H3,(H,14,17). The molecule has 1 unspecified atom stereocenters. The summed E-state index contributed by atoms with van der Waals surface area (Å²) in [5.41, 5.74) is 1.23. The fourth-order valence-electron chi connectivity index (χ4n) is 1.68. The number of hydrogen-bond donors (Lipinski definition) is 3. The number of carbonyl (C=O) groups is 1. The number of hydrogen-bond acceptors (Lipinski definition) is 4. The average Bonchev–Trinajstić information content (AvgIpc) is 2.79. The SMILES string of the molecule is CCCc1sc(C(=O)NCC(O)CO)cc1CC. The highest BCUT2D eigenvalue weighted by molar-refractivity contribution is 7.14. The van der Waals surface area contributed by atoms with Gasteiger partial charge in [-0.1, -0.05) is 20.3 Å². The first-order chi connectivity index (χ1) is 8.62. The molecular formula is C13H21NO3S. The van der Waals surface area contributed by atoms with E-state index in [2.05, 4.69) is 19.2 Å². The Bertz CT molecular complexity index is 390. The summed E-state index contributed by atoms with van der Waals surface area (Å²) < 4.78 is 0. The van der Waals surface area contributed by atoms with E-state index in [4.69, 9.17) is 5.11 Å². The van der Waals surface area contributed by atoms with E-state index in [1.54, 1.807) is 0 Å². The van der Waals surface area contributed by atoms with Crippen LogP contribution in [-0.4, -0.2) is 35.4 Å². The first-order valence-electron chi connectivity index (χ1n) is 6.31. The molecule has 1 amide bonds.